The van der Waals surface area contributed by atoms with Gasteiger partial charge in [-0.15, -0.1) is 0 Å². The van der Waals surface area contributed by atoms with Crippen LogP contribution in [-0.2, 0) is 21.9 Å². The maximum absolute atomic E-state index is 4.60. The highest BCUT2D eigenvalue weighted by Crippen LogP contribution is 2.32. The number of hydrogen-bond donors (Lipinski definition) is 0. The van der Waals surface area contributed by atoms with Crippen LogP contribution in [0.25, 0.3) is 0 Å². The molecule has 2 rings (SSSR count). The molecule has 0 bridgehead atoms. The molecule has 1 unspecified atom stereocenters. The minimum absolute atomic E-state index is 0.221. The Morgan fingerprint density at radius 3 is 2.64 bits per heavy atom. The molecule has 1 aromatic carbocycles. The van der Waals surface area contributed by atoms with Gasteiger partial charge in [0, 0.05) is 5.75 Å². The van der Waals surface area contributed by atoms with Crippen LogP contribution < -0.4 is 0 Å². The van der Waals surface area contributed by atoms with Gasteiger partial charge in [-0.25, -0.2) is 4.36 Å². The summed E-state index contributed by atoms with van der Waals surface area (Å²) in [7, 11) is 0.221. The summed E-state index contributed by atoms with van der Waals surface area (Å²) in [5.41, 5.74) is 4.32. The molecule has 0 aromatic heterocycles. The predicted molar refractivity (Wildman–Crippen MR) is 64.2 cm³/mol. The van der Waals surface area contributed by atoms with E-state index in [9.17, 15) is 0 Å². The van der Waals surface area contributed by atoms with Crippen molar-refractivity contribution in [1.82, 2.24) is 0 Å². The van der Waals surface area contributed by atoms with Crippen LogP contribution in [0.4, 0.5) is 5.69 Å². The van der Waals surface area contributed by atoms with Crippen molar-refractivity contribution in [3.63, 3.8) is 0 Å². The SMILES string of the molecule is CS1=Nc2ccc(C(C)(C)C)cc2C1. The molecule has 14 heavy (non-hydrogen) atoms. The number of benzene rings is 1. The summed E-state index contributed by atoms with van der Waals surface area (Å²) in [6.45, 7) is 6.77. The Hall–Kier alpha value is -0.630. The Kier molecular flexibility index (Phi) is 2.26. The van der Waals surface area contributed by atoms with Crippen molar-refractivity contribution < 1.29 is 0 Å². The van der Waals surface area contributed by atoms with Gasteiger partial charge in [0.1, 0.15) is 0 Å². The second-order valence-electron chi connectivity index (χ2n) is 4.93. The average Bonchev–Trinajstić information content (AvgIpc) is 2.41. The monoisotopic (exact) mass is 207 g/mol. The highest BCUT2D eigenvalue weighted by Gasteiger charge is 2.17. The van der Waals surface area contributed by atoms with E-state index in [0.29, 0.717) is 0 Å². The highest BCUT2D eigenvalue weighted by atomic mass is 32.2. The maximum atomic E-state index is 4.60. The number of nitrogens with zero attached hydrogens (tertiary/aromatic N) is 1. The maximum Gasteiger partial charge on any atom is 0.0744 e. The molecule has 1 aliphatic heterocycles. The highest BCUT2D eigenvalue weighted by molar-refractivity contribution is 7.86. The fourth-order valence-corrected chi connectivity index (χ4v) is 2.94. The number of fused-ring (bicyclic) bond motifs is 1. The van der Waals surface area contributed by atoms with E-state index in [0.717, 1.165) is 5.75 Å². The molecule has 2 heteroatoms. The second-order valence-corrected chi connectivity index (χ2v) is 6.60. The number of hydrogen-bond acceptors (Lipinski definition) is 1. The van der Waals surface area contributed by atoms with E-state index >= 15 is 0 Å². The van der Waals surface area contributed by atoms with E-state index in [-0.39, 0.29) is 16.1 Å². The van der Waals surface area contributed by atoms with Crippen LogP contribution in [0.2, 0.25) is 0 Å². The third-order valence-electron chi connectivity index (χ3n) is 2.56. The summed E-state index contributed by atoms with van der Waals surface area (Å²) in [5.74, 6) is 1.14. The topological polar surface area (TPSA) is 12.4 Å². The lowest BCUT2D eigenvalue weighted by molar-refractivity contribution is 0.590. The van der Waals surface area contributed by atoms with Crippen LogP contribution in [0.3, 0.4) is 0 Å². The van der Waals surface area contributed by atoms with Crippen LogP contribution in [0.1, 0.15) is 31.9 Å². The molecule has 1 aliphatic rings. The van der Waals surface area contributed by atoms with Gasteiger partial charge in [0.15, 0.2) is 0 Å². The summed E-state index contributed by atoms with van der Waals surface area (Å²) in [4.78, 5) is 0. The molecule has 0 radical (unpaired) electrons. The molecule has 0 spiro atoms. The molecular formula is C12H17NS. The molecule has 0 amide bonds. The first-order chi connectivity index (χ1) is 6.47. The van der Waals surface area contributed by atoms with Gasteiger partial charge in [-0.3, -0.25) is 0 Å². The van der Waals surface area contributed by atoms with Crippen LogP contribution in [0.15, 0.2) is 22.6 Å². The second kappa shape index (κ2) is 3.20. The number of rotatable bonds is 0. The van der Waals surface area contributed by atoms with Crippen molar-refractivity contribution in [1.29, 1.82) is 0 Å². The quantitative estimate of drug-likeness (QED) is 0.617. The molecule has 0 saturated carbocycles. The Morgan fingerprint density at radius 2 is 2.00 bits per heavy atom. The van der Waals surface area contributed by atoms with Crippen molar-refractivity contribution in [2.75, 3.05) is 6.26 Å². The minimum Gasteiger partial charge on any atom is -0.228 e. The Bertz CT molecular complexity index is 399. The average molecular weight is 207 g/mol. The molecule has 1 atom stereocenters. The van der Waals surface area contributed by atoms with E-state index in [4.69, 9.17) is 0 Å². The molecule has 76 valence electrons. The zero-order chi connectivity index (χ0) is 10.3. The van der Waals surface area contributed by atoms with E-state index in [1.54, 1.807) is 0 Å². The minimum atomic E-state index is 0.221. The van der Waals surface area contributed by atoms with Gasteiger partial charge in [0.25, 0.3) is 0 Å². The largest absolute Gasteiger partial charge is 0.228 e. The van der Waals surface area contributed by atoms with Crippen LogP contribution in [-0.4, -0.2) is 6.26 Å². The van der Waals surface area contributed by atoms with E-state index in [1.807, 2.05) is 0 Å². The third-order valence-corrected chi connectivity index (χ3v) is 3.80. The van der Waals surface area contributed by atoms with Crippen molar-refractivity contribution in [3.8, 4) is 0 Å². The van der Waals surface area contributed by atoms with Crippen molar-refractivity contribution in [3.05, 3.63) is 29.3 Å². The first-order valence-electron chi connectivity index (χ1n) is 4.94. The molecule has 0 saturated heterocycles. The molecule has 1 nitrogen and oxygen atoms in total. The van der Waals surface area contributed by atoms with Crippen molar-refractivity contribution in [2.24, 2.45) is 4.36 Å². The Balaban J connectivity index is 2.42. The van der Waals surface area contributed by atoms with E-state index in [1.165, 1.54) is 16.8 Å². The van der Waals surface area contributed by atoms with Gasteiger partial charge in [-0.1, -0.05) is 43.6 Å². The fraction of sp³-hybridized carbons (Fsp3) is 0.500. The molecule has 0 fully saturated rings. The predicted octanol–water partition coefficient (Wildman–Crippen LogP) is 3.56. The van der Waals surface area contributed by atoms with E-state index < -0.39 is 0 Å². The molecule has 1 aromatic rings. The van der Waals surface area contributed by atoms with Gasteiger partial charge < -0.3 is 0 Å². The summed E-state index contributed by atoms with van der Waals surface area (Å²) in [5, 5.41) is 0. The van der Waals surface area contributed by atoms with Crippen LogP contribution >= 0.6 is 0 Å². The van der Waals surface area contributed by atoms with Gasteiger partial charge in [0.2, 0.25) is 0 Å². The normalized spacial score (nSPS) is 20.4. The smallest absolute Gasteiger partial charge is 0.0744 e. The fourth-order valence-electron chi connectivity index (χ4n) is 1.68. The molecule has 0 N–H and O–H groups in total. The standard InChI is InChI=1S/C12H17NS/c1-12(2,3)10-5-6-11-9(7-10)8-14(4)13-11/h5-7H,8H2,1-4H3. The van der Waals surface area contributed by atoms with Gasteiger partial charge in [0.05, 0.1) is 5.69 Å². The van der Waals surface area contributed by atoms with Gasteiger partial charge in [-0.05, 0) is 28.9 Å². The lowest BCUT2D eigenvalue weighted by atomic mass is 9.86. The third kappa shape index (κ3) is 1.76. The Morgan fingerprint density at radius 1 is 1.29 bits per heavy atom. The molecule has 1 heterocycles. The van der Waals surface area contributed by atoms with Crippen molar-refractivity contribution >= 4 is 16.4 Å². The lowest BCUT2D eigenvalue weighted by Gasteiger charge is -2.19. The van der Waals surface area contributed by atoms with Gasteiger partial charge >= 0.3 is 0 Å². The van der Waals surface area contributed by atoms with Crippen LogP contribution in [0.5, 0.6) is 0 Å². The van der Waals surface area contributed by atoms with Crippen LogP contribution in [0, 0.1) is 0 Å². The zero-order valence-electron chi connectivity index (χ0n) is 9.29. The first-order valence-corrected chi connectivity index (χ1v) is 6.70. The summed E-state index contributed by atoms with van der Waals surface area (Å²) in [6, 6.07) is 6.71. The summed E-state index contributed by atoms with van der Waals surface area (Å²) < 4.78 is 4.60. The summed E-state index contributed by atoms with van der Waals surface area (Å²) in [6.07, 6.45) is 2.21. The van der Waals surface area contributed by atoms with Crippen molar-refractivity contribution in [2.45, 2.75) is 31.9 Å². The zero-order valence-corrected chi connectivity index (χ0v) is 10.1. The lowest BCUT2D eigenvalue weighted by Crippen LogP contribution is -2.11. The summed E-state index contributed by atoms with van der Waals surface area (Å²) >= 11 is 0. The van der Waals surface area contributed by atoms with E-state index in [2.05, 4.69) is 49.6 Å². The molecular weight excluding hydrogens is 190 g/mol. The Labute approximate surface area is 88.6 Å². The van der Waals surface area contributed by atoms with Gasteiger partial charge in [-0.2, -0.15) is 0 Å². The first kappa shape index (κ1) is 9.91. The molecule has 0 aliphatic carbocycles.